The lowest BCUT2D eigenvalue weighted by Crippen LogP contribution is -2.40. The zero-order valence-electron chi connectivity index (χ0n) is 22.5. The standard InChI is InChI=1S/C30H29F3N6O2/c1-21-4-5-23(17-22(21)7-9-26-20-35-28-3-2-10-36-39(26)28)29(40)37-25-8-6-24(27(18-25)30(31,32)33)19-34-11-12-38-13-15-41-16-14-38/h2-6,8,10,17-18,20,34H,11-16,19H2,1H3,(H,37,40). The quantitative estimate of drug-likeness (QED) is 0.260. The molecule has 4 aromatic rings. The van der Waals surface area contributed by atoms with Crippen LogP contribution < -0.4 is 10.6 Å². The van der Waals surface area contributed by atoms with E-state index in [1.165, 1.54) is 12.1 Å². The molecule has 0 atom stereocenters. The van der Waals surface area contributed by atoms with Crippen LogP contribution in [0.25, 0.3) is 5.65 Å². The fraction of sp³-hybridized carbons (Fsp3) is 0.300. The predicted molar refractivity (Wildman–Crippen MR) is 149 cm³/mol. The van der Waals surface area contributed by atoms with E-state index in [0.29, 0.717) is 36.7 Å². The van der Waals surface area contributed by atoms with Crippen molar-refractivity contribution in [2.24, 2.45) is 0 Å². The maximum absolute atomic E-state index is 13.9. The van der Waals surface area contributed by atoms with Gasteiger partial charge < -0.3 is 15.4 Å². The van der Waals surface area contributed by atoms with Crippen LogP contribution in [-0.4, -0.2) is 64.8 Å². The van der Waals surface area contributed by atoms with Crippen LogP contribution in [0.1, 0.15) is 38.3 Å². The second-order valence-electron chi connectivity index (χ2n) is 9.67. The number of alkyl halides is 3. The van der Waals surface area contributed by atoms with Crippen molar-refractivity contribution in [1.29, 1.82) is 0 Å². The molecule has 8 nitrogen and oxygen atoms in total. The molecule has 0 spiro atoms. The van der Waals surface area contributed by atoms with Crippen LogP contribution in [0.5, 0.6) is 0 Å². The van der Waals surface area contributed by atoms with Gasteiger partial charge in [0.2, 0.25) is 0 Å². The number of halogens is 3. The van der Waals surface area contributed by atoms with Crippen molar-refractivity contribution >= 4 is 17.2 Å². The number of hydrogen-bond donors (Lipinski definition) is 2. The van der Waals surface area contributed by atoms with Gasteiger partial charge in [0, 0.05) is 55.7 Å². The van der Waals surface area contributed by atoms with Crippen molar-refractivity contribution in [3.63, 3.8) is 0 Å². The monoisotopic (exact) mass is 562 g/mol. The first-order valence-electron chi connectivity index (χ1n) is 13.2. The number of carbonyl (C=O) groups excluding carboxylic acids is 1. The number of carbonyl (C=O) groups is 1. The summed E-state index contributed by atoms with van der Waals surface area (Å²) in [5, 5.41) is 9.93. The maximum atomic E-state index is 13.9. The number of hydrogen-bond acceptors (Lipinski definition) is 6. The van der Waals surface area contributed by atoms with Gasteiger partial charge in [-0.1, -0.05) is 18.1 Å². The summed E-state index contributed by atoms with van der Waals surface area (Å²) in [6, 6.07) is 12.4. The van der Waals surface area contributed by atoms with E-state index < -0.39 is 17.6 Å². The highest BCUT2D eigenvalue weighted by Crippen LogP contribution is 2.34. The summed E-state index contributed by atoms with van der Waals surface area (Å²) in [6.07, 6.45) is -1.32. The van der Waals surface area contributed by atoms with E-state index in [0.717, 1.165) is 31.3 Å². The fourth-order valence-corrected chi connectivity index (χ4v) is 4.50. The van der Waals surface area contributed by atoms with E-state index in [4.69, 9.17) is 4.74 Å². The molecule has 41 heavy (non-hydrogen) atoms. The summed E-state index contributed by atoms with van der Waals surface area (Å²) in [7, 11) is 0. The van der Waals surface area contributed by atoms with Crippen molar-refractivity contribution in [1.82, 2.24) is 24.8 Å². The van der Waals surface area contributed by atoms with Gasteiger partial charge in [-0.2, -0.15) is 18.3 Å². The molecule has 0 radical (unpaired) electrons. The number of benzene rings is 2. The Morgan fingerprint density at radius 2 is 1.93 bits per heavy atom. The lowest BCUT2D eigenvalue weighted by molar-refractivity contribution is -0.138. The molecule has 0 aliphatic carbocycles. The number of aryl methyl sites for hydroxylation is 1. The van der Waals surface area contributed by atoms with Crippen molar-refractivity contribution < 1.29 is 22.7 Å². The van der Waals surface area contributed by atoms with Crippen LogP contribution in [0.3, 0.4) is 0 Å². The Morgan fingerprint density at radius 3 is 2.73 bits per heavy atom. The molecule has 0 saturated carbocycles. The number of aromatic nitrogens is 3. The van der Waals surface area contributed by atoms with Gasteiger partial charge in [-0.3, -0.25) is 9.69 Å². The average molecular weight is 563 g/mol. The largest absolute Gasteiger partial charge is 0.416 e. The summed E-state index contributed by atoms with van der Waals surface area (Å²) in [4.78, 5) is 19.5. The zero-order chi connectivity index (χ0) is 28.8. The van der Waals surface area contributed by atoms with E-state index >= 15 is 0 Å². The average Bonchev–Trinajstić information content (AvgIpc) is 3.38. The van der Waals surface area contributed by atoms with Crippen molar-refractivity contribution in [2.45, 2.75) is 19.6 Å². The van der Waals surface area contributed by atoms with E-state index in [1.807, 2.05) is 13.0 Å². The minimum absolute atomic E-state index is 0.0596. The summed E-state index contributed by atoms with van der Waals surface area (Å²) < 4.78 is 48.6. The Kier molecular flexibility index (Phi) is 8.64. The van der Waals surface area contributed by atoms with Gasteiger partial charge in [-0.15, -0.1) is 0 Å². The van der Waals surface area contributed by atoms with Gasteiger partial charge >= 0.3 is 6.18 Å². The van der Waals surface area contributed by atoms with Crippen LogP contribution in [0.2, 0.25) is 0 Å². The van der Waals surface area contributed by atoms with E-state index in [1.54, 1.807) is 41.2 Å². The molecule has 2 aromatic heterocycles. The molecule has 0 unspecified atom stereocenters. The third kappa shape index (κ3) is 7.10. The Balaban J connectivity index is 1.27. The minimum Gasteiger partial charge on any atom is -0.379 e. The Bertz CT molecular complexity index is 1600. The molecule has 1 amide bonds. The number of morpholine rings is 1. The Hall–Kier alpha value is -4.24. The minimum atomic E-state index is -4.57. The SMILES string of the molecule is Cc1ccc(C(=O)Nc2ccc(CNCCN3CCOCC3)c(C(F)(F)F)c2)cc1C#Cc1cnc2cccnn12. The van der Waals surface area contributed by atoms with Gasteiger partial charge in [0.1, 0.15) is 5.69 Å². The second-order valence-corrected chi connectivity index (χ2v) is 9.67. The highest BCUT2D eigenvalue weighted by Gasteiger charge is 2.33. The Morgan fingerprint density at radius 1 is 1.10 bits per heavy atom. The number of amides is 1. The Labute approximate surface area is 235 Å². The van der Waals surface area contributed by atoms with Crippen LogP contribution in [0.15, 0.2) is 60.9 Å². The molecule has 1 aliphatic rings. The lowest BCUT2D eigenvalue weighted by atomic mass is 10.0. The zero-order valence-corrected chi connectivity index (χ0v) is 22.5. The maximum Gasteiger partial charge on any atom is 0.416 e. The summed E-state index contributed by atoms with van der Waals surface area (Å²) in [5.74, 6) is 5.55. The number of rotatable bonds is 7. The predicted octanol–water partition coefficient (Wildman–Crippen LogP) is 4.13. The van der Waals surface area contributed by atoms with Crippen molar-refractivity contribution in [3.05, 3.63) is 94.4 Å². The number of fused-ring (bicyclic) bond motifs is 1. The number of imidazole rings is 1. The van der Waals surface area contributed by atoms with E-state index in [2.05, 4.69) is 37.5 Å². The topological polar surface area (TPSA) is 83.8 Å². The summed E-state index contributed by atoms with van der Waals surface area (Å²) >= 11 is 0. The van der Waals surface area contributed by atoms with Gasteiger partial charge in [-0.25, -0.2) is 9.50 Å². The molecular weight excluding hydrogens is 533 g/mol. The molecule has 2 aromatic carbocycles. The number of ether oxygens (including phenoxy) is 1. The van der Waals surface area contributed by atoms with E-state index in [9.17, 15) is 18.0 Å². The number of nitrogens with one attached hydrogen (secondary N) is 2. The summed E-state index contributed by atoms with van der Waals surface area (Å²) in [5.41, 5.74) is 2.38. The molecule has 1 saturated heterocycles. The lowest BCUT2D eigenvalue weighted by Gasteiger charge is -2.26. The highest BCUT2D eigenvalue weighted by molar-refractivity contribution is 6.04. The summed E-state index contributed by atoms with van der Waals surface area (Å²) in [6.45, 7) is 6.20. The third-order valence-electron chi connectivity index (χ3n) is 6.80. The number of nitrogens with zero attached hydrogens (tertiary/aromatic N) is 4. The molecule has 1 aliphatic heterocycles. The second kappa shape index (κ2) is 12.5. The van der Waals surface area contributed by atoms with Crippen LogP contribution >= 0.6 is 0 Å². The first kappa shape index (κ1) is 28.3. The van der Waals surface area contributed by atoms with Crippen LogP contribution in [0, 0.1) is 18.8 Å². The van der Waals surface area contributed by atoms with Crippen molar-refractivity contribution in [3.8, 4) is 11.8 Å². The third-order valence-corrected chi connectivity index (χ3v) is 6.80. The smallest absolute Gasteiger partial charge is 0.379 e. The van der Waals surface area contributed by atoms with Gasteiger partial charge in [0.05, 0.1) is 25.0 Å². The first-order chi connectivity index (χ1) is 19.8. The molecular formula is C30H29F3N6O2. The molecule has 5 rings (SSSR count). The van der Waals surface area contributed by atoms with Gasteiger partial charge in [-0.05, 0) is 60.4 Å². The molecule has 3 heterocycles. The highest BCUT2D eigenvalue weighted by atomic mass is 19.4. The van der Waals surface area contributed by atoms with Crippen LogP contribution in [0.4, 0.5) is 18.9 Å². The molecule has 11 heteroatoms. The van der Waals surface area contributed by atoms with Crippen molar-refractivity contribution in [2.75, 3.05) is 44.7 Å². The fourth-order valence-electron chi connectivity index (χ4n) is 4.50. The molecule has 2 N–H and O–H groups in total. The molecule has 212 valence electrons. The molecule has 0 bridgehead atoms. The van der Waals surface area contributed by atoms with Gasteiger partial charge in [0.15, 0.2) is 5.65 Å². The number of anilines is 1. The molecule has 1 fully saturated rings. The van der Waals surface area contributed by atoms with Gasteiger partial charge in [0.25, 0.3) is 5.91 Å². The van der Waals surface area contributed by atoms with Crippen LogP contribution in [-0.2, 0) is 17.5 Å². The normalized spacial score (nSPS) is 14.0. The van der Waals surface area contributed by atoms with E-state index in [-0.39, 0.29) is 23.4 Å². The first-order valence-corrected chi connectivity index (χ1v) is 13.2.